The van der Waals surface area contributed by atoms with Gasteiger partial charge in [-0.05, 0) is 37.5 Å². The van der Waals surface area contributed by atoms with Gasteiger partial charge in [0.1, 0.15) is 6.54 Å². The lowest BCUT2D eigenvalue weighted by atomic mass is 9.80. The number of ether oxygens (including phenoxy) is 1. The van der Waals surface area contributed by atoms with Gasteiger partial charge in [-0.25, -0.2) is 4.99 Å². The minimum Gasteiger partial charge on any atom is -0.381 e. The summed E-state index contributed by atoms with van der Waals surface area (Å²) < 4.78 is 5.52. The van der Waals surface area contributed by atoms with Gasteiger partial charge in [-0.2, -0.15) is 0 Å². The van der Waals surface area contributed by atoms with E-state index in [1.807, 2.05) is 0 Å². The Kier molecular flexibility index (Phi) is 6.53. The van der Waals surface area contributed by atoms with Gasteiger partial charge in [0.2, 0.25) is 5.91 Å². The zero-order valence-electron chi connectivity index (χ0n) is 14.2. The Labute approximate surface area is 156 Å². The molecule has 0 bridgehead atoms. The van der Waals surface area contributed by atoms with Crippen LogP contribution in [0.2, 0.25) is 0 Å². The largest absolute Gasteiger partial charge is 0.381 e. The van der Waals surface area contributed by atoms with Crippen LogP contribution in [0.4, 0.5) is 0 Å². The van der Waals surface area contributed by atoms with E-state index in [4.69, 9.17) is 4.74 Å². The molecule has 3 aliphatic rings. The van der Waals surface area contributed by atoms with E-state index in [1.54, 1.807) is 19.0 Å². The van der Waals surface area contributed by atoms with E-state index in [1.165, 1.54) is 19.3 Å². The zero-order valence-corrected chi connectivity index (χ0v) is 16.5. The summed E-state index contributed by atoms with van der Waals surface area (Å²) in [6, 6.07) is 0.555. The number of hydrogen-bond donors (Lipinski definition) is 1. The Morgan fingerprint density at radius 1 is 1.30 bits per heavy atom. The van der Waals surface area contributed by atoms with E-state index in [0.29, 0.717) is 11.5 Å². The first kappa shape index (κ1) is 18.8. The quantitative estimate of drug-likeness (QED) is 0.412. The number of likely N-dealkylation sites (N-methyl/N-ethyl adjacent to an activating group) is 1. The van der Waals surface area contributed by atoms with Crippen LogP contribution in [-0.4, -0.2) is 74.7 Å². The highest BCUT2D eigenvalue weighted by Crippen LogP contribution is 2.39. The van der Waals surface area contributed by atoms with Gasteiger partial charge < -0.3 is 19.9 Å². The molecule has 6 nitrogen and oxygen atoms in total. The summed E-state index contributed by atoms with van der Waals surface area (Å²) in [5, 5.41) is 3.52. The van der Waals surface area contributed by atoms with Crippen molar-refractivity contribution in [1.29, 1.82) is 0 Å². The number of nitrogens with zero attached hydrogens (tertiary/aromatic N) is 3. The molecule has 2 heterocycles. The van der Waals surface area contributed by atoms with Gasteiger partial charge in [0.05, 0.1) is 0 Å². The molecule has 0 radical (unpaired) electrons. The molecule has 3 fully saturated rings. The van der Waals surface area contributed by atoms with E-state index < -0.39 is 0 Å². The Balaban J connectivity index is 0.00000192. The smallest absolute Gasteiger partial charge is 0.243 e. The van der Waals surface area contributed by atoms with Crippen molar-refractivity contribution in [3.05, 3.63) is 0 Å². The van der Waals surface area contributed by atoms with Crippen LogP contribution in [0, 0.1) is 5.41 Å². The van der Waals surface area contributed by atoms with Crippen molar-refractivity contribution in [2.24, 2.45) is 10.4 Å². The highest BCUT2D eigenvalue weighted by Gasteiger charge is 2.41. The number of guanidine groups is 1. The molecule has 2 aliphatic heterocycles. The first-order valence-corrected chi connectivity index (χ1v) is 8.42. The van der Waals surface area contributed by atoms with Gasteiger partial charge in [0.25, 0.3) is 0 Å². The lowest BCUT2D eigenvalue weighted by Crippen LogP contribution is -2.43. The van der Waals surface area contributed by atoms with E-state index >= 15 is 0 Å². The number of hydrogen-bond acceptors (Lipinski definition) is 3. The van der Waals surface area contributed by atoms with Crippen LogP contribution in [0.15, 0.2) is 4.99 Å². The van der Waals surface area contributed by atoms with Crippen LogP contribution in [0.5, 0.6) is 0 Å². The minimum absolute atomic E-state index is 0. The molecule has 1 aliphatic carbocycles. The van der Waals surface area contributed by atoms with Crippen molar-refractivity contribution in [2.75, 3.05) is 46.9 Å². The fraction of sp³-hybridized carbons (Fsp3) is 0.875. The molecule has 23 heavy (non-hydrogen) atoms. The van der Waals surface area contributed by atoms with Gasteiger partial charge in [0, 0.05) is 46.4 Å². The average molecular weight is 436 g/mol. The lowest BCUT2D eigenvalue weighted by Gasteiger charge is -2.33. The van der Waals surface area contributed by atoms with Gasteiger partial charge >= 0.3 is 0 Å². The fourth-order valence-electron chi connectivity index (χ4n) is 3.26. The van der Waals surface area contributed by atoms with E-state index in [0.717, 1.165) is 45.1 Å². The van der Waals surface area contributed by atoms with Gasteiger partial charge in [0.15, 0.2) is 5.96 Å². The minimum atomic E-state index is 0. The summed E-state index contributed by atoms with van der Waals surface area (Å²) in [4.78, 5) is 20.4. The molecular weight excluding hydrogens is 407 g/mol. The van der Waals surface area contributed by atoms with E-state index in [9.17, 15) is 4.79 Å². The third kappa shape index (κ3) is 4.95. The Bertz CT molecular complexity index is 445. The third-order valence-electron chi connectivity index (χ3n) is 5.06. The average Bonchev–Trinajstić information content (AvgIpc) is 3.25. The highest BCUT2D eigenvalue weighted by atomic mass is 127. The van der Waals surface area contributed by atoms with Crippen LogP contribution >= 0.6 is 24.0 Å². The summed E-state index contributed by atoms with van der Waals surface area (Å²) >= 11 is 0. The Morgan fingerprint density at radius 3 is 2.61 bits per heavy atom. The molecule has 132 valence electrons. The summed E-state index contributed by atoms with van der Waals surface area (Å²) in [7, 11) is 3.55. The number of likely N-dealkylation sites (tertiary alicyclic amines) is 1. The predicted octanol–water partition coefficient (Wildman–Crippen LogP) is 1.30. The monoisotopic (exact) mass is 436 g/mol. The number of halogens is 1. The van der Waals surface area contributed by atoms with Crippen LogP contribution in [0.25, 0.3) is 0 Å². The van der Waals surface area contributed by atoms with Gasteiger partial charge in [-0.15, -0.1) is 24.0 Å². The number of nitrogens with one attached hydrogen (secondary N) is 1. The molecule has 1 N–H and O–H groups in total. The van der Waals surface area contributed by atoms with Crippen molar-refractivity contribution in [1.82, 2.24) is 15.1 Å². The second kappa shape index (κ2) is 8.00. The highest BCUT2D eigenvalue weighted by molar-refractivity contribution is 14.0. The normalized spacial score (nSPS) is 23.6. The molecule has 2 saturated heterocycles. The van der Waals surface area contributed by atoms with Crippen molar-refractivity contribution in [3.8, 4) is 0 Å². The second-order valence-corrected chi connectivity index (χ2v) is 7.13. The fourth-order valence-corrected chi connectivity index (χ4v) is 3.26. The molecule has 0 aromatic rings. The summed E-state index contributed by atoms with van der Waals surface area (Å²) in [6.07, 6.45) is 5.94. The van der Waals surface area contributed by atoms with Crippen molar-refractivity contribution in [2.45, 2.75) is 38.1 Å². The van der Waals surface area contributed by atoms with Crippen molar-refractivity contribution < 1.29 is 9.53 Å². The summed E-state index contributed by atoms with van der Waals surface area (Å²) in [6.45, 7) is 4.08. The molecule has 1 amide bonds. The van der Waals surface area contributed by atoms with Crippen LogP contribution in [0.3, 0.4) is 0 Å². The maximum Gasteiger partial charge on any atom is 0.243 e. The zero-order chi connectivity index (χ0) is 15.6. The first-order valence-electron chi connectivity index (χ1n) is 8.42. The van der Waals surface area contributed by atoms with Crippen LogP contribution in [0.1, 0.15) is 32.1 Å². The molecule has 0 aromatic heterocycles. The lowest BCUT2D eigenvalue weighted by molar-refractivity contribution is -0.127. The molecule has 0 unspecified atom stereocenters. The molecule has 1 spiro atoms. The summed E-state index contributed by atoms with van der Waals surface area (Å²) in [5.74, 6) is 0.983. The maximum absolute atomic E-state index is 11.8. The summed E-state index contributed by atoms with van der Waals surface area (Å²) in [5.41, 5.74) is 0.399. The molecule has 0 aromatic carbocycles. The van der Waals surface area contributed by atoms with Gasteiger partial charge in [-0.3, -0.25) is 4.79 Å². The van der Waals surface area contributed by atoms with Crippen molar-refractivity contribution in [3.63, 3.8) is 0 Å². The molecule has 1 saturated carbocycles. The first-order chi connectivity index (χ1) is 10.6. The topological polar surface area (TPSA) is 57.2 Å². The van der Waals surface area contributed by atoms with Crippen molar-refractivity contribution >= 4 is 35.8 Å². The molecule has 7 heteroatoms. The number of amides is 1. The van der Waals surface area contributed by atoms with E-state index in [-0.39, 0.29) is 36.4 Å². The van der Waals surface area contributed by atoms with Crippen LogP contribution in [-0.2, 0) is 9.53 Å². The third-order valence-corrected chi connectivity index (χ3v) is 5.06. The standard InChI is InChI=1S/C16H28N4O2.HI/c1-19(2)14(21)11-17-15(18-13-3-4-13)20-8-5-16(12-20)6-9-22-10-7-16;/h13H,3-12H2,1-2H3,(H,17,18);1H. The second-order valence-electron chi connectivity index (χ2n) is 7.13. The van der Waals surface area contributed by atoms with Crippen LogP contribution < -0.4 is 5.32 Å². The number of aliphatic imine (C=N–C) groups is 1. The SMILES string of the molecule is CN(C)C(=O)CN=C(NC1CC1)N1CCC2(CCOCC2)C1.I. The number of carbonyl (C=O) groups is 1. The number of carbonyl (C=O) groups excluding carboxylic acids is 1. The Hall–Kier alpha value is -0.570. The van der Waals surface area contributed by atoms with E-state index in [2.05, 4.69) is 15.2 Å². The molecule has 3 rings (SSSR count). The van der Waals surface area contributed by atoms with Gasteiger partial charge in [-0.1, -0.05) is 0 Å². The number of rotatable bonds is 3. The molecular formula is C16H29IN4O2. The predicted molar refractivity (Wildman–Crippen MR) is 101 cm³/mol. The molecule has 0 atom stereocenters. The Morgan fingerprint density at radius 2 is 2.00 bits per heavy atom. The maximum atomic E-state index is 11.8.